The first-order valence-electron chi connectivity index (χ1n) is 8.37. The first kappa shape index (κ1) is 15.0. The Balaban J connectivity index is 2.04. The van der Waals surface area contributed by atoms with Crippen molar-refractivity contribution in [2.75, 3.05) is 13.1 Å². The number of likely N-dealkylation sites (tertiary alicyclic amines) is 1. The van der Waals surface area contributed by atoms with Gasteiger partial charge in [-0.2, -0.15) is 0 Å². The maximum atomic E-state index is 13.0. The van der Waals surface area contributed by atoms with Crippen LogP contribution in [0.25, 0.3) is 0 Å². The van der Waals surface area contributed by atoms with E-state index < -0.39 is 0 Å². The molecule has 1 atom stereocenters. The molecule has 0 aromatic rings. The summed E-state index contributed by atoms with van der Waals surface area (Å²) in [4.78, 5) is 15.5. The normalized spacial score (nSPS) is 32.8. The minimum atomic E-state index is -0.189. The van der Waals surface area contributed by atoms with E-state index in [1.54, 1.807) is 0 Å². The van der Waals surface area contributed by atoms with Crippen molar-refractivity contribution in [2.24, 2.45) is 11.8 Å². The maximum absolute atomic E-state index is 13.0. The van der Waals surface area contributed by atoms with Gasteiger partial charge in [0.25, 0.3) is 0 Å². The van der Waals surface area contributed by atoms with Crippen molar-refractivity contribution in [2.45, 2.75) is 77.7 Å². The second-order valence-corrected chi connectivity index (χ2v) is 7.00. The van der Waals surface area contributed by atoms with Crippen molar-refractivity contribution >= 4 is 5.78 Å². The molecule has 2 nitrogen and oxygen atoms in total. The second-order valence-electron chi connectivity index (χ2n) is 7.00. The Hall–Kier alpha value is -0.370. The number of carbonyl (C=O) groups excluding carboxylic acids is 1. The van der Waals surface area contributed by atoms with E-state index in [-0.39, 0.29) is 5.54 Å². The molecule has 1 saturated carbocycles. The van der Waals surface area contributed by atoms with E-state index >= 15 is 0 Å². The molecule has 1 aliphatic carbocycles. The van der Waals surface area contributed by atoms with E-state index in [0.717, 1.165) is 38.3 Å². The predicted molar refractivity (Wildman–Crippen MR) is 80.2 cm³/mol. The molecule has 0 N–H and O–H groups in total. The molecule has 110 valence electrons. The Morgan fingerprint density at radius 1 is 1.11 bits per heavy atom. The third-order valence-electron chi connectivity index (χ3n) is 5.66. The van der Waals surface area contributed by atoms with Crippen LogP contribution in [0.1, 0.15) is 72.1 Å². The zero-order valence-electron chi connectivity index (χ0n) is 13.1. The van der Waals surface area contributed by atoms with Crippen molar-refractivity contribution < 1.29 is 4.79 Å². The average Bonchev–Trinajstić information content (AvgIpc) is 2.47. The molecule has 0 amide bonds. The lowest BCUT2D eigenvalue weighted by Gasteiger charge is -2.44. The smallest absolute Gasteiger partial charge is 0.155 e. The molecule has 2 aliphatic rings. The third-order valence-corrected chi connectivity index (χ3v) is 5.66. The number of ketones is 1. The van der Waals surface area contributed by atoms with Crippen molar-refractivity contribution in [3.8, 4) is 0 Å². The van der Waals surface area contributed by atoms with E-state index in [4.69, 9.17) is 0 Å². The Kier molecular flexibility index (Phi) is 5.05. The average molecular weight is 265 g/mol. The first-order chi connectivity index (χ1) is 9.08. The van der Waals surface area contributed by atoms with E-state index in [0.29, 0.717) is 11.7 Å². The van der Waals surface area contributed by atoms with E-state index in [9.17, 15) is 4.79 Å². The number of Topliss-reactive ketones (excluding diaryl/α,β-unsaturated/α-hetero) is 1. The number of piperidine rings is 1. The van der Waals surface area contributed by atoms with Gasteiger partial charge in [0.15, 0.2) is 5.78 Å². The summed E-state index contributed by atoms with van der Waals surface area (Å²) < 4.78 is 0. The van der Waals surface area contributed by atoms with Crippen molar-refractivity contribution in [3.05, 3.63) is 0 Å². The minimum Gasteiger partial charge on any atom is -0.297 e. The fraction of sp³-hybridized carbons (Fsp3) is 0.941. The number of rotatable bonds is 4. The topological polar surface area (TPSA) is 20.3 Å². The molecule has 0 aromatic heterocycles. The van der Waals surface area contributed by atoms with Crippen molar-refractivity contribution in [1.82, 2.24) is 4.90 Å². The monoisotopic (exact) mass is 265 g/mol. The van der Waals surface area contributed by atoms with Gasteiger partial charge in [0, 0.05) is 5.92 Å². The highest BCUT2D eigenvalue weighted by Gasteiger charge is 2.41. The summed E-state index contributed by atoms with van der Waals surface area (Å²) in [5.41, 5.74) is -0.189. The molecule has 0 aromatic carbocycles. The lowest BCUT2D eigenvalue weighted by Crippen LogP contribution is -2.56. The Morgan fingerprint density at radius 2 is 1.68 bits per heavy atom. The predicted octanol–water partition coefficient (Wildman–Crippen LogP) is 4.04. The molecule has 1 saturated heterocycles. The standard InChI is InChI=1S/C17H31NO/c1-4-17(3,18-12-6-5-7-13-18)16(19)15-10-8-14(2)9-11-15/h14-15H,4-13H2,1-3H3. The molecular formula is C17H31NO. The van der Waals surface area contributed by atoms with Gasteiger partial charge in [-0.1, -0.05) is 33.1 Å². The Bertz CT molecular complexity index is 300. The van der Waals surface area contributed by atoms with Crippen LogP contribution < -0.4 is 0 Å². The summed E-state index contributed by atoms with van der Waals surface area (Å²) in [6.07, 6.45) is 9.59. The summed E-state index contributed by atoms with van der Waals surface area (Å²) in [6, 6.07) is 0. The van der Waals surface area contributed by atoms with Crippen LogP contribution in [0.4, 0.5) is 0 Å². The third kappa shape index (κ3) is 3.21. The molecule has 2 heteroatoms. The van der Waals surface area contributed by atoms with Gasteiger partial charge in [-0.25, -0.2) is 0 Å². The van der Waals surface area contributed by atoms with Crippen LogP contribution in [-0.4, -0.2) is 29.3 Å². The molecular weight excluding hydrogens is 234 g/mol. The molecule has 1 aliphatic heterocycles. The summed E-state index contributed by atoms with van der Waals surface area (Å²) in [5.74, 6) is 1.71. The van der Waals surface area contributed by atoms with Crippen LogP contribution in [0.2, 0.25) is 0 Å². The Morgan fingerprint density at radius 3 is 2.21 bits per heavy atom. The van der Waals surface area contributed by atoms with Gasteiger partial charge < -0.3 is 0 Å². The van der Waals surface area contributed by atoms with Crippen LogP contribution >= 0.6 is 0 Å². The van der Waals surface area contributed by atoms with E-state index in [2.05, 4.69) is 25.7 Å². The van der Waals surface area contributed by atoms with Gasteiger partial charge in [-0.3, -0.25) is 9.69 Å². The molecule has 0 radical (unpaired) electrons. The number of hydrogen-bond acceptors (Lipinski definition) is 2. The highest BCUT2D eigenvalue weighted by molar-refractivity contribution is 5.90. The largest absolute Gasteiger partial charge is 0.297 e. The summed E-state index contributed by atoms with van der Waals surface area (Å²) in [5, 5.41) is 0. The quantitative estimate of drug-likeness (QED) is 0.764. The fourth-order valence-electron chi connectivity index (χ4n) is 3.90. The number of hydrogen-bond donors (Lipinski definition) is 0. The highest BCUT2D eigenvalue weighted by atomic mass is 16.1. The van der Waals surface area contributed by atoms with Gasteiger partial charge in [-0.15, -0.1) is 0 Å². The first-order valence-corrected chi connectivity index (χ1v) is 8.37. The van der Waals surface area contributed by atoms with Crippen molar-refractivity contribution in [1.29, 1.82) is 0 Å². The van der Waals surface area contributed by atoms with Crippen molar-refractivity contribution in [3.63, 3.8) is 0 Å². The second kappa shape index (κ2) is 6.39. The zero-order valence-corrected chi connectivity index (χ0v) is 13.1. The molecule has 0 spiro atoms. The zero-order chi connectivity index (χ0) is 13.9. The van der Waals surface area contributed by atoms with Crippen LogP contribution in [0.15, 0.2) is 0 Å². The summed E-state index contributed by atoms with van der Waals surface area (Å²) in [7, 11) is 0. The molecule has 1 heterocycles. The van der Waals surface area contributed by atoms with Gasteiger partial charge in [0.05, 0.1) is 5.54 Å². The Labute approximate surface area is 118 Å². The minimum absolute atomic E-state index is 0.189. The van der Waals surface area contributed by atoms with Gasteiger partial charge in [0.1, 0.15) is 0 Å². The van der Waals surface area contributed by atoms with Crippen LogP contribution in [0.5, 0.6) is 0 Å². The van der Waals surface area contributed by atoms with E-state index in [1.807, 2.05) is 0 Å². The fourth-order valence-corrected chi connectivity index (χ4v) is 3.90. The molecule has 0 bridgehead atoms. The lowest BCUT2D eigenvalue weighted by molar-refractivity contribution is -0.137. The lowest BCUT2D eigenvalue weighted by atomic mass is 9.74. The summed E-state index contributed by atoms with van der Waals surface area (Å²) >= 11 is 0. The highest BCUT2D eigenvalue weighted by Crippen LogP contribution is 2.35. The molecule has 2 fully saturated rings. The molecule has 1 unspecified atom stereocenters. The van der Waals surface area contributed by atoms with Gasteiger partial charge >= 0.3 is 0 Å². The molecule has 2 rings (SSSR count). The molecule has 19 heavy (non-hydrogen) atoms. The van der Waals surface area contributed by atoms with Crippen LogP contribution in [0.3, 0.4) is 0 Å². The van der Waals surface area contributed by atoms with Gasteiger partial charge in [0.2, 0.25) is 0 Å². The summed E-state index contributed by atoms with van der Waals surface area (Å²) in [6.45, 7) is 8.97. The van der Waals surface area contributed by atoms with Crippen LogP contribution in [0, 0.1) is 11.8 Å². The number of nitrogens with zero attached hydrogens (tertiary/aromatic N) is 1. The van der Waals surface area contributed by atoms with Crippen LogP contribution in [-0.2, 0) is 4.79 Å². The van der Waals surface area contributed by atoms with E-state index in [1.165, 1.54) is 32.1 Å². The number of carbonyl (C=O) groups is 1. The maximum Gasteiger partial charge on any atom is 0.155 e. The van der Waals surface area contributed by atoms with Gasteiger partial charge in [-0.05, 0) is 58.0 Å². The SMILES string of the molecule is CCC(C)(C(=O)C1CCC(C)CC1)N1CCCCC1.